The molecule has 0 radical (unpaired) electrons. The quantitative estimate of drug-likeness (QED) is 0.637. The molecule has 8 heteroatoms. The Bertz CT molecular complexity index is 866. The Balaban J connectivity index is 2.00. The highest BCUT2D eigenvalue weighted by atomic mass is 19.4. The molecular weight excluding hydrogens is 399 g/mol. The van der Waals surface area contributed by atoms with Crippen LogP contribution in [0.5, 0.6) is 17.2 Å². The molecule has 0 bridgehead atoms. The van der Waals surface area contributed by atoms with Gasteiger partial charge >= 0.3 is 6.18 Å². The van der Waals surface area contributed by atoms with Gasteiger partial charge in [0.1, 0.15) is 5.75 Å². The molecule has 2 rings (SSSR count). The number of aryl methyl sites for hydroxylation is 1. The van der Waals surface area contributed by atoms with Crippen molar-refractivity contribution >= 4 is 5.91 Å². The second-order valence-electron chi connectivity index (χ2n) is 7.26. The van der Waals surface area contributed by atoms with Crippen molar-refractivity contribution in [1.29, 1.82) is 0 Å². The molecule has 0 spiro atoms. The van der Waals surface area contributed by atoms with Crippen LogP contribution < -0.4 is 19.5 Å². The van der Waals surface area contributed by atoms with Crippen LogP contribution in [0.2, 0.25) is 0 Å². The van der Waals surface area contributed by atoms with E-state index in [9.17, 15) is 18.0 Å². The lowest BCUT2D eigenvalue weighted by Gasteiger charge is -2.28. The first-order valence-electron chi connectivity index (χ1n) is 9.36. The average molecular weight is 425 g/mol. The van der Waals surface area contributed by atoms with Crippen LogP contribution in [0.4, 0.5) is 13.2 Å². The van der Waals surface area contributed by atoms with Crippen molar-refractivity contribution in [3.63, 3.8) is 0 Å². The summed E-state index contributed by atoms with van der Waals surface area (Å²) in [6, 6.07) is 12.1. The molecule has 0 unspecified atom stereocenters. The fourth-order valence-electron chi connectivity index (χ4n) is 3.04. The van der Waals surface area contributed by atoms with Gasteiger partial charge in [-0.15, -0.1) is 0 Å². The minimum absolute atomic E-state index is 0.000308. The minimum atomic E-state index is -4.43. The van der Waals surface area contributed by atoms with Crippen molar-refractivity contribution in [2.45, 2.75) is 38.4 Å². The number of halogens is 3. The van der Waals surface area contributed by atoms with E-state index in [2.05, 4.69) is 5.32 Å². The van der Waals surface area contributed by atoms with E-state index in [1.807, 2.05) is 38.1 Å². The summed E-state index contributed by atoms with van der Waals surface area (Å²) in [7, 11) is 2.92. The molecule has 0 aliphatic rings. The van der Waals surface area contributed by atoms with Gasteiger partial charge in [-0.25, -0.2) is 0 Å². The van der Waals surface area contributed by atoms with Gasteiger partial charge in [-0.05, 0) is 44.0 Å². The number of carbonyl (C=O) groups excluding carboxylic acids is 1. The van der Waals surface area contributed by atoms with Gasteiger partial charge in [-0.1, -0.05) is 24.3 Å². The molecular formula is C22H26F3NO4. The van der Waals surface area contributed by atoms with Crippen LogP contribution in [0.1, 0.15) is 31.4 Å². The van der Waals surface area contributed by atoms with Crippen molar-refractivity contribution < 1.29 is 32.2 Å². The van der Waals surface area contributed by atoms with Gasteiger partial charge in [-0.3, -0.25) is 4.79 Å². The summed E-state index contributed by atoms with van der Waals surface area (Å²) in [6.45, 7) is 2.38. The topological polar surface area (TPSA) is 56.8 Å². The number of benzene rings is 2. The first kappa shape index (κ1) is 23.4. The molecule has 0 heterocycles. The van der Waals surface area contributed by atoms with E-state index in [1.165, 1.54) is 13.2 Å². The molecule has 2 aromatic carbocycles. The van der Waals surface area contributed by atoms with Crippen LogP contribution in [0.25, 0.3) is 0 Å². The van der Waals surface area contributed by atoms with Crippen LogP contribution in [0.15, 0.2) is 42.5 Å². The molecule has 5 nitrogen and oxygen atoms in total. The summed E-state index contributed by atoms with van der Waals surface area (Å²) in [4.78, 5) is 12.5. The average Bonchev–Trinajstić information content (AvgIpc) is 2.70. The molecule has 0 aliphatic heterocycles. The number of ether oxygens (including phenoxy) is 3. The molecule has 0 saturated carbocycles. The highest BCUT2D eigenvalue weighted by Crippen LogP contribution is 2.31. The largest absolute Gasteiger partial charge is 0.496 e. The summed E-state index contributed by atoms with van der Waals surface area (Å²) in [5.74, 6) is 0.705. The molecule has 0 fully saturated rings. The SMILES string of the molecule is COc1cc(CCC(=O)NC(C)(C)c2ccccc2OC)ccc1OCC(F)(F)F. The maximum atomic E-state index is 12.5. The van der Waals surface area contributed by atoms with E-state index in [1.54, 1.807) is 19.2 Å². The molecule has 0 atom stereocenters. The van der Waals surface area contributed by atoms with Crippen molar-refractivity contribution in [3.8, 4) is 17.2 Å². The zero-order chi connectivity index (χ0) is 22.4. The summed E-state index contributed by atoms with van der Waals surface area (Å²) in [5, 5.41) is 2.99. The lowest BCUT2D eigenvalue weighted by Crippen LogP contribution is -2.41. The van der Waals surface area contributed by atoms with Crippen molar-refractivity contribution in [1.82, 2.24) is 5.32 Å². The maximum absolute atomic E-state index is 12.5. The minimum Gasteiger partial charge on any atom is -0.496 e. The zero-order valence-electron chi connectivity index (χ0n) is 17.4. The normalized spacial score (nSPS) is 11.7. The Labute approximate surface area is 174 Å². The predicted molar refractivity (Wildman–Crippen MR) is 107 cm³/mol. The number of methoxy groups -OCH3 is 2. The number of alkyl halides is 3. The van der Waals surface area contributed by atoms with Gasteiger partial charge in [-0.2, -0.15) is 13.2 Å². The third-order valence-corrected chi connectivity index (χ3v) is 4.49. The summed E-state index contributed by atoms with van der Waals surface area (Å²) in [6.07, 6.45) is -3.84. The second-order valence-corrected chi connectivity index (χ2v) is 7.26. The molecule has 0 aromatic heterocycles. The highest BCUT2D eigenvalue weighted by Gasteiger charge is 2.29. The Morgan fingerprint density at radius 3 is 2.27 bits per heavy atom. The van der Waals surface area contributed by atoms with Crippen molar-refractivity contribution in [3.05, 3.63) is 53.6 Å². The van der Waals surface area contributed by atoms with E-state index < -0.39 is 18.3 Å². The number of nitrogens with one attached hydrogen (secondary N) is 1. The van der Waals surface area contributed by atoms with E-state index >= 15 is 0 Å². The smallest absolute Gasteiger partial charge is 0.422 e. The lowest BCUT2D eigenvalue weighted by molar-refractivity contribution is -0.153. The number of hydrogen-bond donors (Lipinski definition) is 1. The van der Waals surface area contributed by atoms with Crippen LogP contribution in [0, 0.1) is 0 Å². The van der Waals surface area contributed by atoms with Gasteiger partial charge in [0, 0.05) is 12.0 Å². The maximum Gasteiger partial charge on any atom is 0.422 e. The number of hydrogen-bond acceptors (Lipinski definition) is 4. The highest BCUT2D eigenvalue weighted by molar-refractivity contribution is 5.77. The lowest BCUT2D eigenvalue weighted by atomic mass is 9.93. The summed E-state index contributed by atoms with van der Waals surface area (Å²) in [5.41, 5.74) is 0.960. The number of carbonyl (C=O) groups is 1. The second kappa shape index (κ2) is 9.73. The standard InChI is InChI=1S/C22H26F3NO4/c1-21(2,16-7-5-6-8-17(16)28-3)26-20(27)12-10-15-9-11-18(19(13-15)29-4)30-14-22(23,24)25/h5-9,11,13H,10,12,14H2,1-4H3,(H,26,27). The fourth-order valence-corrected chi connectivity index (χ4v) is 3.04. The Hall–Kier alpha value is -2.90. The number of amides is 1. The summed E-state index contributed by atoms with van der Waals surface area (Å²) < 4.78 is 52.3. The van der Waals surface area contributed by atoms with Gasteiger partial charge in [0.05, 0.1) is 19.8 Å². The Morgan fingerprint density at radius 1 is 0.967 bits per heavy atom. The molecule has 30 heavy (non-hydrogen) atoms. The van der Waals surface area contributed by atoms with Crippen molar-refractivity contribution in [2.75, 3.05) is 20.8 Å². The van der Waals surface area contributed by atoms with E-state index in [-0.39, 0.29) is 23.8 Å². The molecule has 2 aromatic rings. The van der Waals surface area contributed by atoms with Gasteiger partial charge in [0.25, 0.3) is 0 Å². The third kappa shape index (κ3) is 6.57. The van der Waals surface area contributed by atoms with Gasteiger partial charge in [0.2, 0.25) is 5.91 Å². The van der Waals surface area contributed by atoms with E-state index in [0.29, 0.717) is 12.2 Å². The molecule has 0 saturated heterocycles. The van der Waals surface area contributed by atoms with Crippen LogP contribution in [-0.4, -0.2) is 32.9 Å². The zero-order valence-corrected chi connectivity index (χ0v) is 17.4. The molecule has 1 amide bonds. The molecule has 1 N–H and O–H groups in total. The Morgan fingerprint density at radius 2 is 1.63 bits per heavy atom. The predicted octanol–water partition coefficient (Wildman–Crippen LogP) is 4.63. The monoisotopic (exact) mass is 425 g/mol. The van der Waals surface area contributed by atoms with Gasteiger partial charge in [0.15, 0.2) is 18.1 Å². The van der Waals surface area contributed by atoms with Crippen LogP contribution in [-0.2, 0) is 16.8 Å². The summed E-state index contributed by atoms with van der Waals surface area (Å²) >= 11 is 0. The van der Waals surface area contributed by atoms with E-state index in [4.69, 9.17) is 14.2 Å². The van der Waals surface area contributed by atoms with Crippen LogP contribution in [0.3, 0.4) is 0 Å². The fraction of sp³-hybridized carbons (Fsp3) is 0.409. The first-order valence-corrected chi connectivity index (χ1v) is 9.36. The van der Waals surface area contributed by atoms with E-state index in [0.717, 1.165) is 11.1 Å². The number of rotatable bonds is 9. The van der Waals surface area contributed by atoms with Crippen molar-refractivity contribution in [2.24, 2.45) is 0 Å². The Kier molecular flexibility index (Phi) is 7.59. The molecule has 0 aliphatic carbocycles. The number of para-hydroxylation sites is 1. The van der Waals surface area contributed by atoms with Gasteiger partial charge < -0.3 is 19.5 Å². The first-order chi connectivity index (χ1) is 14.1. The van der Waals surface area contributed by atoms with Crippen LogP contribution >= 0.6 is 0 Å². The third-order valence-electron chi connectivity index (χ3n) is 4.49. The molecule has 164 valence electrons.